The number of hydrogen-bond acceptors (Lipinski definition) is 5. The van der Waals surface area contributed by atoms with Crippen molar-refractivity contribution in [3.63, 3.8) is 0 Å². The van der Waals surface area contributed by atoms with Gasteiger partial charge in [0.15, 0.2) is 0 Å². The lowest BCUT2D eigenvalue weighted by atomic mass is 10.1. The SMILES string of the molecule is COC(=O)c1cc(C#N)c(O)cc1OC(F)(F)F. The van der Waals surface area contributed by atoms with E-state index in [9.17, 15) is 23.1 Å². The highest BCUT2D eigenvalue weighted by Gasteiger charge is 2.33. The van der Waals surface area contributed by atoms with E-state index in [0.717, 1.165) is 13.2 Å². The molecule has 0 radical (unpaired) electrons. The van der Waals surface area contributed by atoms with Gasteiger partial charge in [-0.05, 0) is 6.07 Å². The van der Waals surface area contributed by atoms with Crippen LogP contribution in [0.1, 0.15) is 15.9 Å². The fraction of sp³-hybridized carbons (Fsp3) is 0.200. The van der Waals surface area contributed by atoms with Gasteiger partial charge in [-0.3, -0.25) is 0 Å². The van der Waals surface area contributed by atoms with Crippen molar-refractivity contribution >= 4 is 5.97 Å². The van der Waals surface area contributed by atoms with E-state index in [1.807, 2.05) is 0 Å². The number of methoxy groups -OCH3 is 1. The summed E-state index contributed by atoms with van der Waals surface area (Å²) in [4.78, 5) is 11.2. The Kier molecular flexibility index (Phi) is 3.66. The number of carbonyl (C=O) groups is 1. The van der Waals surface area contributed by atoms with Gasteiger partial charge in [-0.1, -0.05) is 0 Å². The van der Waals surface area contributed by atoms with Crippen LogP contribution in [0.2, 0.25) is 0 Å². The molecule has 0 heterocycles. The van der Waals surface area contributed by atoms with E-state index in [2.05, 4.69) is 9.47 Å². The summed E-state index contributed by atoms with van der Waals surface area (Å²) in [7, 11) is 0.957. The predicted octanol–water partition coefficient (Wildman–Crippen LogP) is 1.95. The Bertz CT molecular complexity index is 519. The molecular weight excluding hydrogens is 255 g/mol. The number of carbonyl (C=O) groups excluding carboxylic acids is 1. The molecule has 0 aliphatic rings. The van der Waals surface area contributed by atoms with Crippen LogP contribution < -0.4 is 4.74 Å². The summed E-state index contributed by atoms with van der Waals surface area (Å²) in [5.74, 6) is -2.79. The molecular formula is C10H6F3NO4. The highest BCUT2D eigenvalue weighted by Crippen LogP contribution is 2.32. The molecule has 1 rings (SSSR count). The van der Waals surface area contributed by atoms with E-state index in [1.165, 1.54) is 6.07 Å². The fourth-order valence-electron chi connectivity index (χ4n) is 1.14. The van der Waals surface area contributed by atoms with Gasteiger partial charge in [0.1, 0.15) is 23.1 Å². The van der Waals surface area contributed by atoms with E-state index in [-0.39, 0.29) is 5.56 Å². The number of alkyl halides is 3. The minimum absolute atomic E-state index is 0.370. The Morgan fingerprint density at radius 2 is 2.06 bits per heavy atom. The molecule has 0 fully saturated rings. The summed E-state index contributed by atoms with van der Waals surface area (Å²) in [6, 6.07) is 2.79. The molecule has 0 amide bonds. The second-order valence-corrected chi connectivity index (χ2v) is 3.02. The maximum absolute atomic E-state index is 12.1. The van der Waals surface area contributed by atoms with E-state index >= 15 is 0 Å². The lowest BCUT2D eigenvalue weighted by molar-refractivity contribution is -0.274. The van der Waals surface area contributed by atoms with Crippen LogP contribution in [0.4, 0.5) is 13.2 Å². The number of ether oxygens (including phenoxy) is 2. The van der Waals surface area contributed by atoms with E-state index < -0.39 is 29.4 Å². The summed E-state index contributed by atoms with van der Waals surface area (Å²) in [5, 5.41) is 17.8. The molecule has 0 aliphatic heterocycles. The largest absolute Gasteiger partial charge is 0.573 e. The first-order valence-electron chi connectivity index (χ1n) is 4.39. The van der Waals surface area contributed by atoms with Gasteiger partial charge in [-0.25, -0.2) is 4.79 Å². The van der Waals surface area contributed by atoms with Crippen LogP contribution in [0.15, 0.2) is 12.1 Å². The van der Waals surface area contributed by atoms with Gasteiger partial charge in [0.2, 0.25) is 0 Å². The molecule has 0 bridgehead atoms. The molecule has 0 spiro atoms. The van der Waals surface area contributed by atoms with Crippen molar-refractivity contribution in [1.82, 2.24) is 0 Å². The zero-order chi connectivity index (χ0) is 13.9. The number of nitriles is 1. The van der Waals surface area contributed by atoms with Gasteiger partial charge in [-0.2, -0.15) is 5.26 Å². The second-order valence-electron chi connectivity index (χ2n) is 3.02. The molecule has 0 aliphatic carbocycles. The lowest BCUT2D eigenvalue weighted by Crippen LogP contribution is -2.19. The van der Waals surface area contributed by atoms with Crippen LogP contribution in [0.3, 0.4) is 0 Å². The highest BCUT2D eigenvalue weighted by molar-refractivity contribution is 5.93. The number of benzene rings is 1. The Hall–Kier alpha value is -2.43. The van der Waals surface area contributed by atoms with Crippen molar-refractivity contribution in [2.24, 2.45) is 0 Å². The van der Waals surface area contributed by atoms with Crippen molar-refractivity contribution in [3.8, 4) is 17.6 Å². The van der Waals surface area contributed by atoms with Crippen LogP contribution >= 0.6 is 0 Å². The summed E-state index contributed by atoms with van der Waals surface area (Å²) in [5.41, 5.74) is -0.978. The predicted molar refractivity (Wildman–Crippen MR) is 50.8 cm³/mol. The molecule has 5 nitrogen and oxygen atoms in total. The number of esters is 1. The number of halogens is 3. The number of hydrogen-bond donors (Lipinski definition) is 1. The third kappa shape index (κ3) is 3.04. The topological polar surface area (TPSA) is 79.6 Å². The first-order chi connectivity index (χ1) is 8.28. The molecule has 96 valence electrons. The molecule has 0 saturated heterocycles. The van der Waals surface area contributed by atoms with E-state index in [0.29, 0.717) is 6.07 Å². The van der Waals surface area contributed by atoms with Gasteiger partial charge < -0.3 is 14.6 Å². The van der Waals surface area contributed by atoms with Crippen molar-refractivity contribution in [2.45, 2.75) is 6.36 Å². The molecule has 0 aromatic heterocycles. The quantitative estimate of drug-likeness (QED) is 0.823. The van der Waals surface area contributed by atoms with Crippen LogP contribution in [0, 0.1) is 11.3 Å². The first kappa shape index (κ1) is 13.6. The molecule has 8 heteroatoms. The zero-order valence-corrected chi connectivity index (χ0v) is 8.91. The normalized spacial score (nSPS) is 10.6. The van der Waals surface area contributed by atoms with Crippen molar-refractivity contribution < 1.29 is 32.5 Å². The minimum atomic E-state index is -5.04. The number of phenolic OH excluding ortho intramolecular Hbond substituents is 1. The first-order valence-corrected chi connectivity index (χ1v) is 4.39. The zero-order valence-electron chi connectivity index (χ0n) is 8.91. The molecule has 0 unspecified atom stereocenters. The molecule has 0 atom stereocenters. The van der Waals surface area contributed by atoms with Crippen LogP contribution in [0.25, 0.3) is 0 Å². The number of phenols is 1. The fourth-order valence-corrected chi connectivity index (χ4v) is 1.14. The molecule has 1 N–H and O–H groups in total. The Morgan fingerprint density at radius 1 is 1.44 bits per heavy atom. The van der Waals surface area contributed by atoms with Crippen LogP contribution in [0.5, 0.6) is 11.5 Å². The average Bonchev–Trinajstić information content (AvgIpc) is 2.26. The number of nitrogens with zero attached hydrogens (tertiary/aromatic N) is 1. The highest BCUT2D eigenvalue weighted by atomic mass is 19.4. The Morgan fingerprint density at radius 3 is 2.50 bits per heavy atom. The summed E-state index contributed by atoms with van der Waals surface area (Å²) < 4.78 is 44.1. The molecule has 1 aromatic rings. The van der Waals surface area contributed by atoms with Gasteiger partial charge in [-0.15, -0.1) is 13.2 Å². The van der Waals surface area contributed by atoms with Crippen molar-refractivity contribution in [1.29, 1.82) is 5.26 Å². The summed E-state index contributed by atoms with van der Waals surface area (Å²) >= 11 is 0. The maximum Gasteiger partial charge on any atom is 0.573 e. The van der Waals surface area contributed by atoms with Crippen molar-refractivity contribution in [2.75, 3.05) is 7.11 Å². The van der Waals surface area contributed by atoms with Gasteiger partial charge in [0, 0.05) is 6.07 Å². The average molecular weight is 261 g/mol. The number of aromatic hydroxyl groups is 1. The van der Waals surface area contributed by atoms with Crippen LogP contribution in [-0.4, -0.2) is 24.5 Å². The summed E-state index contributed by atoms with van der Waals surface area (Å²) in [6.07, 6.45) is -5.04. The molecule has 0 saturated carbocycles. The molecule has 1 aromatic carbocycles. The van der Waals surface area contributed by atoms with Gasteiger partial charge in [0.25, 0.3) is 0 Å². The Balaban J connectivity index is 3.35. The standard InChI is InChI=1S/C10H6F3NO4/c1-17-9(16)6-2-5(4-14)7(15)3-8(6)18-10(11,12)13/h2-3,15H,1H3. The monoisotopic (exact) mass is 261 g/mol. The third-order valence-corrected chi connectivity index (χ3v) is 1.85. The maximum atomic E-state index is 12.1. The molecule has 18 heavy (non-hydrogen) atoms. The smallest absolute Gasteiger partial charge is 0.506 e. The van der Waals surface area contributed by atoms with E-state index in [4.69, 9.17) is 5.26 Å². The van der Waals surface area contributed by atoms with Crippen molar-refractivity contribution in [3.05, 3.63) is 23.3 Å². The van der Waals surface area contributed by atoms with Crippen LogP contribution in [-0.2, 0) is 4.74 Å². The summed E-state index contributed by atoms with van der Waals surface area (Å²) in [6.45, 7) is 0. The minimum Gasteiger partial charge on any atom is -0.506 e. The van der Waals surface area contributed by atoms with E-state index in [1.54, 1.807) is 0 Å². The lowest BCUT2D eigenvalue weighted by Gasteiger charge is -2.12. The Labute approximate surface area is 99.0 Å². The number of rotatable bonds is 2. The van der Waals surface area contributed by atoms with Gasteiger partial charge in [0.05, 0.1) is 12.7 Å². The van der Waals surface area contributed by atoms with Gasteiger partial charge >= 0.3 is 12.3 Å². The second kappa shape index (κ2) is 4.83. The third-order valence-electron chi connectivity index (χ3n) is 1.85.